The van der Waals surface area contributed by atoms with Crippen LogP contribution in [0, 0.1) is 5.41 Å². The molecule has 1 spiro atoms. The molecule has 1 heterocycles. The van der Waals surface area contributed by atoms with Crippen molar-refractivity contribution >= 4 is 0 Å². The standard InChI is InChI=1S/C17H28N2O2/c1-3-13-11-19-16(21-13)12-18-14-10-15(20-4-2)17(14)8-6-5-7-9-17/h11,14-15,18H,3-10,12H2,1-2H3. The SMILES string of the molecule is CCOC1CC(NCc2ncc(CC)o2)C12CCCCC2. The highest BCUT2D eigenvalue weighted by Crippen LogP contribution is 2.53. The lowest BCUT2D eigenvalue weighted by atomic mass is 9.55. The van der Waals surface area contributed by atoms with E-state index in [1.54, 1.807) is 0 Å². The van der Waals surface area contributed by atoms with Gasteiger partial charge in [-0.3, -0.25) is 0 Å². The first kappa shape index (κ1) is 15.0. The Bertz CT molecular complexity index is 451. The Kier molecular flexibility index (Phi) is 4.65. The molecule has 4 nitrogen and oxygen atoms in total. The topological polar surface area (TPSA) is 47.3 Å². The second-order valence-corrected chi connectivity index (χ2v) is 6.48. The van der Waals surface area contributed by atoms with Crippen molar-refractivity contribution in [3.05, 3.63) is 17.8 Å². The number of aromatic nitrogens is 1. The quantitative estimate of drug-likeness (QED) is 0.872. The first-order chi connectivity index (χ1) is 10.3. The number of nitrogens with one attached hydrogen (secondary N) is 1. The third-order valence-electron chi connectivity index (χ3n) is 5.39. The monoisotopic (exact) mass is 292 g/mol. The van der Waals surface area contributed by atoms with E-state index in [1.807, 2.05) is 6.20 Å². The summed E-state index contributed by atoms with van der Waals surface area (Å²) in [5, 5.41) is 3.69. The first-order valence-electron chi connectivity index (χ1n) is 8.57. The van der Waals surface area contributed by atoms with Crippen LogP contribution in [0.3, 0.4) is 0 Å². The summed E-state index contributed by atoms with van der Waals surface area (Å²) >= 11 is 0. The fourth-order valence-electron chi connectivity index (χ4n) is 4.15. The molecule has 0 saturated heterocycles. The molecule has 2 aliphatic rings. The predicted molar refractivity (Wildman–Crippen MR) is 82.1 cm³/mol. The molecule has 1 aromatic heterocycles. The molecule has 3 rings (SSSR count). The lowest BCUT2D eigenvalue weighted by Gasteiger charge is -2.57. The third kappa shape index (κ3) is 2.88. The molecule has 2 aliphatic carbocycles. The fourth-order valence-corrected chi connectivity index (χ4v) is 4.15. The smallest absolute Gasteiger partial charge is 0.208 e. The second-order valence-electron chi connectivity index (χ2n) is 6.48. The molecule has 1 aromatic rings. The van der Waals surface area contributed by atoms with Crippen molar-refractivity contribution in [3.63, 3.8) is 0 Å². The minimum absolute atomic E-state index is 0.369. The van der Waals surface area contributed by atoms with Gasteiger partial charge in [0.15, 0.2) is 0 Å². The van der Waals surface area contributed by atoms with Crippen LogP contribution in [0.25, 0.3) is 0 Å². The van der Waals surface area contributed by atoms with Crippen molar-refractivity contribution < 1.29 is 9.15 Å². The maximum absolute atomic E-state index is 6.00. The van der Waals surface area contributed by atoms with Gasteiger partial charge in [-0.25, -0.2) is 4.98 Å². The van der Waals surface area contributed by atoms with Gasteiger partial charge in [-0.2, -0.15) is 0 Å². The number of aryl methyl sites for hydroxylation is 1. The molecular formula is C17H28N2O2. The Hall–Kier alpha value is -0.870. The number of rotatable bonds is 6. The van der Waals surface area contributed by atoms with Crippen LogP contribution in [0.5, 0.6) is 0 Å². The van der Waals surface area contributed by atoms with Crippen LogP contribution in [-0.2, 0) is 17.7 Å². The van der Waals surface area contributed by atoms with E-state index < -0.39 is 0 Å². The predicted octanol–water partition coefficient (Wildman–Crippen LogP) is 3.45. The molecule has 2 fully saturated rings. The minimum Gasteiger partial charge on any atom is -0.444 e. The van der Waals surface area contributed by atoms with Gasteiger partial charge in [-0.15, -0.1) is 0 Å². The summed E-state index contributed by atoms with van der Waals surface area (Å²) in [7, 11) is 0. The highest BCUT2D eigenvalue weighted by molar-refractivity contribution is 5.09. The van der Waals surface area contributed by atoms with Gasteiger partial charge < -0.3 is 14.5 Å². The Morgan fingerprint density at radius 3 is 2.81 bits per heavy atom. The van der Waals surface area contributed by atoms with Gasteiger partial charge in [0.1, 0.15) is 5.76 Å². The molecule has 0 radical (unpaired) electrons. The first-order valence-corrected chi connectivity index (χ1v) is 8.57. The number of hydrogen-bond acceptors (Lipinski definition) is 4. The molecule has 2 unspecified atom stereocenters. The lowest BCUT2D eigenvalue weighted by Crippen LogP contribution is -2.64. The third-order valence-corrected chi connectivity index (χ3v) is 5.39. The van der Waals surface area contributed by atoms with Crippen molar-refractivity contribution in [3.8, 4) is 0 Å². The molecule has 1 N–H and O–H groups in total. The number of ether oxygens (including phenoxy) is 1. The summed E-state index contributed by atoms with van der Waals surface area (Å²) in [6, 6.07) is 0.561. The van der Waals surface area contributed by atoms with Crippen molar-refractivity contribution in [1.29, 1.82) is 0 Å². The van der Waals surface area contributed by atoms with Crippen molar-refractivity contribution in [2.45, 2.75) is 77.5 Å². The van der Waals surface area contributed by atoms with Crippen LogP contribution in [0.4, 0.5) is 0 Å². The molecule has 2 saturated carbocycles. The van der Waals surface area contributed by atoms with E-state index in [2.05, 4.69) is 24.1 Å². The maximum atomic E-state index is 6.00. The Balaban J connectivity index is 1.59. The van der Waals surface area contributed by atoms with Crippen LogP contribution < -0.4 is 5.32 Å². The van der Waals surface area contributed by atoms with Crippen LogP contribution >= 0.6 is 0 Å². The number of hydrogen-bond donors (Lipinski definition) is 1. The molecule has 118 valence electrons. The van der Waals surface area contributed by atoms with E-state index in [4.69, 9.17) is 9.15 Å². The van der Waals surface area contributed by atoms with Gasteiger partial charge in [0.2, 0.25) is 5.89 Å². The molecule has 0 aromatic carbocycles. The maximum Gasteiger partial charge on any atom is 0.208 e. The fraction of sp³-hybridized carbons (Fsp3) is 0.824. The summed E-state index contributed by atoms with van der Waals surface area (Å²) in [5.41, 5.74) is 0.369. The number of oxazole rings is 1. The van der Waals surface area contributed by atoms with E-state index in [0.29, 0.717) is 17.6 Å². The van der Waals surface area contributed by atoms with Crippen molar-refractivity contribution in [2.24, 2.45) is 5.41 Å². The van der Waals surface area contributed by atoms with Gasteiger partial charge in [0.25, 0.3) is 0 Å². The Morgan fingerprint density at radius 1 is 1.33 bits per heavy atom. The van der Waals surface area contributed by atoms with E-state index in [0.717, 1.165) is 37.6 Å². The van der Waals surface area contributed by atoms with Crippen LogP contribution in [0.2, 0.25) is 0 Å². The van der Waals surface area contributed by atoms with Crippen LogP contribution in [0.1, 0.15) is 64.0 Å². The normalized spacial score (nSPS) is 27.7. The van der Waals surface area contributed by atoms with Crippen molar-refractivity contribution in [1.82, 2.24) is 10.3 Å². The minimum atomic E-state index is 0.369. The highest BCUT2D eigenvalue weighted by Gasteiger charge is 2.55. The van der Waals surface area contributed by atoms with E-state index in [9.17, 15) is 0 Å². The average Bonchev–Trinajstić information content (AvgIpc) is 2.99. The molecule has 2 atom stereocenters. The lowest BCUT2D eigenvalue weighted by molar-refractivity contribution is -0.150. The van der Waals surface area contributed by atoms with Gasteiger partial charge >= 0.3 is 0 Å². The Morgan fingerprint density at radius 2 is 2.14 bits per heavy atom. The summed E-state index contributed by atoms with van der Waals surface area (Å²) < 4.78 is 11.7. The van der Waals surface area contributed by atoms with Gasteiger partial charge in [-0.1, -0.05) is 26.2 Å². The largest absolute Gasteiger partial charge is 0.444 e. The van der Waals surface area contributed by atoms with Crippen molar-refractivity contribution in [2.75, 3.05) is 6.61 Å². The van der Waals surface area contributed by atoms with Crippen LogP contribution in [0.15, 0.2) is 10.6 Å². The average molecular weight is 292 g/mol. The molecule has 0 aliphatic heterocycles. The number of nitrogens with zero attached hydrogens (tertiary/aromatic N) is 1. The molecule has 4 heteroatoms. The van der Waals surface area contributed by atoms with Crippen LogP contribution in [-0.4, -0.2) is 23.7 Å². The molecule has 0 bridgehead atoms. The highest BCUT2D eigenvalue weighted by atomic mass is 16.5. The zero-order valence-corrected chi connectivity index (χ0v) is 13.4. The summed E-state index contributed by atoms with van der Waals surface area (Å²) in [4.78, 5) is 4.35. The summed E-state index contributed by atoms with van der Waals surface area (Å²) in [5.74, 6) is 1.79. The van der Waals surface area contributed by atoms with E-state index >= 15 is 0 Å². The molecular weight excluding hydrogens is 264 g/mol. The molecule has 0 amide bonds. The van der Waals surface area contributed by atoms with Gasteiger partial charge in [-0.05, 0) is 26.2 Å². The zero-order valence-electron chi connectivity index (χ0n) is 13.4. The zero-order chi connectivity index (χ0) is 14.7. The summed E-state index contributed by atoms with van der Waals surface area (Å²) in [6.07, 6.45) is 11.0. The van der Waals surface area contributed by atoms with Gasteiger partial charge in [0.05, 0.1) is 18.8 Å². The van der Waals surface area contributed by atoms with E-state index in [-0.39, 0.29) is 0 Å². The molecule has 21 heavy (non-hydrogen) atoms. The van der Waals surface area contributed by atoms with E-state index in [1.165, 1.54) is 32.1 Å². The Labute approximate surface area is 127 Å². The summed E-state index contributed by atoms with van der Waals surface area (Å²) in [6.45, 7) is 5.77. The van der Waals surface area contributed by atoms with Gasteiger partial charge in [0, 0.05) is 24.5 Å². The second kappa shape index (κ2) is 6.49.